The molecule has 1 N–H and O–H groups in total. The number of pyridine rings is 1. The van der Waals surface area contributed by atoms with Crippen LogP contribution in [0.3, 0.4) is 0 Å². The highest BCUT2D eigenvalue weighted by Crippen LogP contribution is 2.27. The number of hydrogen-bond acceptors (Lipinski definition) is 5. The number of amides is 1. The van der Waals surface area contributed by atoms with Crippen LogP contribution in [-0.2, 0) is 0 Å². The molecule has 0 fully saturated rings. The van der Waals surface area contributed by atoms with Gasteiger partial charge in [-0.1, -0.05) is 6.07 Å². The number of nitro groups is 1. The summed E-state index contributed by atoms with van der Waals surface area (Å²) in [6.07, 6.45) is 1.78. The van der Waals surface area contributed by atoms with E-state index in [0.717, 1.165) is 28.3 Å². The predicted octanol–water partition coefficient (Wildman–Crippen LogP) is 4.48. The van der Waals surface area contributed by atoms with Gasteiger partial charge in [-0.25, -0.2) is 4.98 Å². The van der Waals surface area contributed by atoms with E-state index in [1.165, 1.54) is 24.3 Å². The Hall–Kier alpha value is -4.20. The number of non-ortho nitro benzene ring substituents is 1. The number of anilines is 1. The molecule has 4 aromatic rings. The van der Waals surface area contributed by atoms with Crippen LogP contribution in [-0.4, -0.2) is 27.3 Å². The maximum Gasteiger partial charge on any atom is 0.270 e. The standard InChI is InChI=1S/C22H18N4O4/c1-14-21(15-6-9-19(30-2)10-7-15)24-20-11-8-17(13-25(14)20)23-22(27)16-4-3-5-18(12-16)26(28)29/h3-13H,1-2H3,(H,23,27). The number of aromatic nitrogens is 2. The molecule has 1 amide bonds. The first-order valence-corrected chi connectivity index (χ1v) is 9.15. The van der Waals surface area contributed by atoms with Gasteiger partial charge in [0.05, 0.1) is 23.4 Å². The number of nitrogens with one attached hydrogen (secondary N) is 1. The van der Waals surface area contributed by atoms with E-state index in [-0.39, 0.29) is 11.3 Å². The van der Waals surface area contributed by atoms with Gasteiger partial charge in [-0.2, -0.15) is 0 Å². The fraction of sp³-hybridized carbons (Fsp3) is 0.0909. The van der Waals surface area contributed by atoms with Crippen molar-refractivity contribution >= 4 is 22.9 Å². The van der Waals surface area contributed by atoms with E-state index in [2.05, 4.69) is 10.3 Å². The van der Waals surface area contributed by atoms with Crippen molar-refractivity contribution in [2.24, 2.45) is 0 Å². The van der Waals surface area contributed by atoms with Gasteiger partial charge in [0.25, 0.3) is 11.6 Å². The molecule has 0 saturated heterocycles. The summed E-state index contributed by atoms with van der Waals surface area (Å²) in [5.74, 6) is 0.345. The second-order valence-corrected chi connectivity index (χ2v) is 6.68. The third-order valence-corrected chi connectivity index (χ3v) is 4.80. The summed E-state index contributed by atoms with van der Waals surface area (Å²) in [7, 11) is 1.62. The van der Waals surface area contributed by atoms with Crippen LogP contribution in [0, 0.1) is 17.0 Å². The number of hydrogen-bond donors (Lipinski definition) is 1. The second-order valence-electron chi connectivity index (χ2n) is 6.68. The third kappa shape index (κ3) is 3.58. The molecule has 2 aromatic carbocycles. The highest BCUT2D eigenvalue weighted by Gasteiger charge is 2.14. The highest BCUT2D eigenvalue weighted by molar-refractivity contribution is 6.04. The van der Waals surface area contributed by atoms with E-state index in [0.29, 0.717) is 5.69 Å². The van der Waals surface area contributed by atoms with Crippen molar-refractivity contribution in [3.8, 4) is 17.0 Å². The number of carbonyl (C=O) groups excluding carboxylic acids is 1. The Bertz CT molecular complexity index is 1260. The van der Waals surface area contributed by atoms with Crippen LogP contribution < -0.4 is 10.1 Å². The summed E-state index contributed by atoms with van der Waals surface area (Å²) in [5, 5.41) is 13.7. The molecule has 0 bridgehead atoms. The molecule has 0 aliphatic carbocycles. The third-order valence-electron chi connectivity index (χ3n) is 4.80. The molecule has 8 nitrogen and oxygen atoms in total. The van der Waals surface area contributed by atoms with Crippen molar-refractivity contribution in [2.75, 3.05) is 12.4 Å². The predicted molar refractivity (Wildman–Crippen MR) is 113 cm³/mol. The average Bonchev–Trinajstić information content (AvgIpc) is 3.10. The molecule has 150 valence electrons. The summed E-state index contributed by atoms with van der Waals surface area (Å²) in [6.45, 7) is 1.95. The zero-order chi connectivity index (χ0) is 21.3. The SMILES string of the molecule is COc1ccc(-c2nc3ccc(NC(=O)c4cccc([N+](=O)[O-])c4)cn3c2C)cc1. The fourth-order valence-electron chi connectivity index (χ4n) is 3.22. The summed E-state index contributed by atoms with van der Waals surface area (Å²) in [5.41, 5.74) is 4.09. The molecular formula is C22H18N4O4. The number of rotatable bonds is 5. The molecular weight excluding hydrogens is 384 g/mol. The van der Waals surface area contributed by atoms with Gasteiger partial charge in [-0.15, -0.1) is 0 Å². The molecule has 4 rings (SSSR count). The first-order valence-electron chi connectivity index (χ1n) is 9.15. The first kappa shape index (κ1) is 19.1. The van der Waals surface area contributed by atoms with E-state index < -0.39 is 10.8 Å². The molecule has 0 spiro atoms. The molecule has 0 unspecified atom stereocenters. The lowest BCUT2D eigenvalue weighted by Gasteiger charge is -2.07. The van der Waals surface area contributed by atoms with Gasteiger partial charge < -0.3 is 14.5 Å². The lowest BCUT2D eigenvalue weighted by molar-refractivity contribution is -0.384. The Labute approximate surface area is 171 Å². The zero-order valence-corrected chi connectivity index (χ0v) is 16.3. The molecule has 0 aliphatic rings. The van der Waals surface area contributed by atoms with Gasteiger partial charge in [-0.3, -0.25) is 14.9 Å². The van der Waals surface area contributed by atoms with Crippen LogP contribution >= 0.6 is 0 Å². The van der Waals surface area contributed by atoms with E-state index in [1.54, 1.807) is 19.4 Å². The molecule has 8 heteroatoms. The largest absolute Gasteiger partial charge is 0.497 e. The summed E-state index contributed by atoms with van der Waals surface area (Å²) in [6, 6.07) is 16.8. The van der Waals surface area contributed by atoms with Crippen molar-refractivity contribution in [3.05, 3.63) is 88.2 Å². The van der Waals surface area contributed by atoms with Gasteiger partial charge >= 0.3 is 0 Å². The lowest BCUT2D eigenvalue weighted by Crippen LogP contribution is -2.12. The molecule has 30 heavy (non-hydrogen) atoms. The van der Waals surface area contributed by atoms with E-state index >= 15 is 0 Å². The second kappa shape index (κ2) is 7.67. The normalized spacial score (nSPS) is 10.7. The van der Waals surface area contributed by atoms with Crippen molar-refractivity contribution < 1.29 is 14.5 Å². The molecule has 0 atom stereocenters. The van der Waals surface area contributed by atoms with Crippen LogP contribution in [0.4, 0.5) is 11.4 Å². The van der Waals surface area contributed by atoms with E-state index in [4.69, 9.17) is 4.74 Å². The summed E-state index contributed by atoms with van der Waals surface area (Å²) in [4.78, 5) is 27.6. The Morgan fingerprint density at radius 2 is 1.90 bits per heavy atom. The Morgan fingerprint density at radius 3 is 2.60 bits per heavy atom. The molecule has 2 aromatic heterocycles. The number of nitrogens with zero attached hydrogens (tertiary/aromatic N) is 3. The Balaban J connectivity index is 1.63. The maximum atomic E-state index is 12.5. The number of fused-ring (bicyclic) bond motifs is 1. The van der Waals surface area contributed by atoms with Gasteiger partial charge in [0, 0.05) is 35.2 Å². The minimum atomic E-state index is -0.529. The topological polar surface area (TPSA) is 98.8 Å². The minimum Gasteiger partial charge on any atom is -0.497 e. The summed E-state index contributed by atoms with van der Waals surface area (Å²) >= 11 is 0. The monoisotopic (exact) mass is 402 g/mol. The number of aryl methyl sites for hydroxylation is 1. The van der Waals surface area contributed by atoms with Crippen LogP contribution in [0.25, 0.3) is 16.9 Å². The first-order chi connectivity index (χ1) is 14.5. The molecule has 2 heterocycles. The van der Waals surface area contributed by atoms with E-state index in [1.807, 2.05) is 41.7 Å². The zero-order valence-electron chi connectivity index (χ0n) is 16.3. The van der Waals surface area contributed by atoms with Crippen LogP contribution in [0.1, 0.15) is 16.1 Å². The van der Waals surface area contributed by atoms with Crippen LogP contribution in [0.15, 0.2) is 66.9 Å². The van der Waals surface area contributed by atoms with Crippen molar-refractivity contribution in [1.82, 2.24) is 9.38 Å². The fourth-order valence-corrected chi connectivity index (χ4v) is 3.22. The Kier molecular flexibility index (Phi) is 4.89. The van der Waals surface area contributed by atoms with Gasteiger partial charge in [0.2, 0.25) is 0 Å². The average molecular weight is 402 g/mol. The van der Waals surface area contributed by atoms with Gasteiger partial charge in [0.1, 0.15) is 11.4 Å². The number of nitro benzene ring substituents is 1. The van der Waals surface area contributed by atoms with Crippen LogP contribution in [0.5, 0.6) is 5.75 Å². The highest BCUT2D eigenvalue weighted by atomic mass is 16.6. The number of ether oxygens (including phenoxy) is 1. The molecule has 0 aliphatic heterocycles. The quantitative estimate of drug-likeness (QED) is 0.392. The number of imidazole rings is 1. The Morgan fingerprint density at radius 1 is 1.13 bits per heavy atom. The maximum absolute atomic E-state index is 12.5. The van der Waals surface area contributed by atoms with E-state index in [9.17, 15) is 14.9 Å². The lowest BCUT2D eigenvalue weighted by atomic mass is 10.1. The number of carbonyl (C=O) groups is 1. The van der Waals surface area contributed by atoms with Gasteiger partial charge in [-0.05, 0) is 49.4 Å². The van der Waals surface area contributed by atoms with Gasteiger partial charge in [0.15, 0.2) is 0 Å². The van der Waals surface area contributed by atoms with Crippen molar-refractivity contribution in [2.45, 2.75) is 6.92 Å². The molecule has 0 saturated carbocycles. The van der Waals surface area contributed by atoms with Crippen molar-refractivity contribution in [3.63, 3.8) is 0 Å². The number of benzene rings is 2. The smallest absolute Gasteiger partial charge is 0.270 e. The summed E-state index contributed by atoms with van der Waals surface area (Å²) < 4.78 is 7.09. The molecule has 0 radical (unpaired) electrons. The number of methoxy groups -OCH3 is 1. The van der Waals surface area contributed by atoms with Crippen molar-refractivity contribution in [1.29, 1.82) is 0 Å². The van der Waals surface area contributed by atoms with Crippen LogP contribution in [0.2, 0.25) is 0 Å². The minimum absolute atomic E-state index is 0.132.